The fraction of sp³-hybridized carbons (Fsp3) is 0.381. The highest BCUT2D eigenvalue weighted by Crippen LogP contribution is 2.32. The smallest absolute Gasteiger partial charge is 0.267 e. The van der Waals surface area contributed by atoms with Gasteiger partial charge in [0.05, 0.1) is 16.4 Å². The molecule has 3 heterocycles. The second-order valence-electron chi connectivity index (χ2n) is 7.44. The van der Waals surface area contributed by atoms with Crippen LogP contribution in [-0.2, 0) is 4.79 Å². The summed E-state index contributed by atoms with van der Waals surface area (Å²) in [6.45, 7) is 3.69. The van der Waals surface area contributed by atoms with Crippen molar-refractivity contribution in [1.29, 1.82) is 0 Å². The van der Waals surface area contributed by atoms with Gasteiger partial charge in [-0.1, -0.05) is 19.8 Å². The third-order valence-corrected chi connectivity index (χ3v) is 6.37. The molecule has 2 N–H and O–H groups in total. The molecular weight excluding hydrogens is 448 g/mol. The van der Waals surface area contributed by atoms with Crippen molar-refractivity contribution in [3.63, 3.8) is 0 Å². The molecule has 0 aliphatic heterocycles. The van der Waals surface area contributed by atoms with Crippen molar-refractivity contribution >= 4 is 50.3 Å². The van der Waals surface area contributed by atoms with Crippen molar-refractivity contribution in [1.82, 2.24) is 19.5 Å². The molecule has 0 radical (unpaired) electrons. The SMILES string of the molecule is CCC(=O)Nc1ccc(Nc2ncc3c(C)c(Br)c(=O)n(C4CCCC4)c3n2)nc1. The monoisotopic (exact) mass is 470 g/mol. The number of aromatic nitrogens is 4. The Hall–Kier alpha value is -2.81. The van der Waals surface area contributed by atoms with Crippen molar-refractivity contribution in [2.45, 2.75) is 52.0 Å². The van der Waals surface area contributed by atoms with E-state index in [1.54, 1.807) is 31.5 Å². The number of rotatable bonds is 5. The lowest BCUT2D eigenvalue weighted by atomic mass is 10.1. The first-order valence-corrected chi connectivity index (χ1v) is 10.9. The Bertz CT molecular complexity index is 1150. The molecular formula is C21H23BrN6O2. The fourth-order valence-corrected chi connectivity index (χ4v) is 4.17. The van der Waals surface area contributed by atoms with Gasteiger partial charge in [0.15, 0.2) is 0 Å². The molecule has 4 rings (SSSR count). The van der Waals surface area contributed by atoms with Gasteiger partial charge in [0, 0.05) is 24.0 Å². The second kappa shape index (κ2) is 8.51. The number of anilines is 3. The van der Waals surface area contributed by atoms with E-state index in [0.29, 0.717) is 34.0 Å². The maximum Gasteiger partial charge on any atom is 0.267 e. The minimum atomic E-state index is -0.0678. The summed E-state index contributed by atoms with van der Waals surface area (Å²) in [5.41, 5.74) is 2.05. The summed E-state index contributed by atoms with van der Waals surface area (Å²) < 4.78 is 2.38. The topological polar surface area (TPSA) is 102 Å². The van der Waals surface area contributed by atoms with E-state index < -0.39 is 0 Å². The minimum Gasteiger partial charge on any atom is -0.325 e. The van der Waals surface area contributed by atoms with Crippen LogP contribution in [0.4, 0.5) is 17.5 Å². The summed E-state index contributed by atoms with van der Waals surface area (Å²) in [5, 5.41) is 6.70. The van der Waals surface area contributed by atoms with Gasteiger partial charge < -0.3 is 10.6 Å². The quantitative estimate of drug-likeness (QED) is 0.570. The number of hydrogen-bond acceptors (Lipinski definition) is 6. The van der Waals surface area contributed by atoms with Gasteiger partial charge in [-0.25, -0.2) is 9.97 Å². The number of pyridine rings is 2. The van der Waals surface area contributed by atoms with Crippen molar-refractivity contribution in [3.8, 4) is 0 Å². The highest BCUT2D eigenvalue weighted by Gasteiger charge is 2.23. The first-order chi connectivity index (χ1) is 14.5. The largest absolute Gasteiger partial charge is 0.325 e. The molecule has 9 heteroatoms. The highest BCUT2D eigenvalue weighted by atomic mass is 79.9. The molecule has 3 aromatic heterocycles. The summed E-state index contributed by atoms with van der Waals surface area (Å²) in [6.07, 6.45) is 7.91. The van der Waals surface area contributed by atoms with Crippen LogP contribution in [0.3, 0.4) is 0 Å². The predicted molar refractivity (Wildman–Crippen MR) is 120 cm³/mol. The molecule has 30 heavy (non-hydrogen) atoms. The van der Waals surface area contributed by atoms with E-state index in [4.69, 9.17) is 0 Å². The average molecular weight is 471 g/mol. The number of carbonyl (C=O) groups excluding carboxylic acids is 1. The standard InChI is InChI=1S/C21H23BrN6O2/c1-3-17(29)25-13-8-9-16(23-10-13)26-21-24-11-15-12(2)18(22)20(30)28(19(15)27-21)14-6-4-5-7-14/h8-11,14H,3-7H2,1-2H3,(H,25,29)(H,23,24,26,27). The lowest BCUT2D eigenvalue weighted by Gasteiger charge is -2.18. The number of amides is 1. The maximum absolute atomic E-state index is 13.0. The van der Waals surface area contributed by atoms with E-state index in [1.165, 1.54) is 0 Å². The molecule has 0 unspecified atom stereocenters. The molecule has 1 amide bonds. The van der Waals surface area contributed by atoms with E-state index in [2.05, 4.69) is 41.5 Å². The number of hydrogen-bond donors (Lipinski definition) is 2. The fourth-order valence-electron chi connectivity index (χ4n) is 3.77. The van der Waals surface area contributed by atoms with Crippen LogP contribution >= 0.6 is 15.9 Å². The van der Waals surface area contributed by atoms with E-state index in [0.717, 1.165) is 36.6 Å². The van der Waals surface area contributed by atoms with Gasteiger partial charge in [0.1, 0.15) is 11.5 Å². The molecule has 0 bridgehead atoms. The molecule has 0 saturated heterocycles. The Morgan fingerprint density at radius 2 is 2.00 bits per heavy atom. The molecule has 1 aliphatic rings. The van der Waals surface area contributed by atoms with Crippen LogP contribution in [0.2, 0.25) is 0 Å². The van der Waals surface area contributed by atoms with Gasteiger partial charge in [-0.3, -0.25) is 14.2 Å². The highest BCUT2D eigenvalue weighted by molar-refractivity contribution is 9.10. The Kier molecular flexibility index (Phi) is 5.80. The first kappa shape index (κ1) is 20.5. The van der Waals surface area contributed by atoms with E-state index in [1.807, 2.05) is 11.5 Å². The number of aryl methyl sites for hydroxylation is 1. The van der Waals surface area contributed by atoms with Gasteiger partial charge >= 0.3 is 0 Å². The molecule has 1 saturated carbocycles. The zero-order valence-electron chi connectivity index (χ0n) is 16.9. The Morgan fingerprint density at radius 3 is 2.67 bits per heavy atom. The van der Waals surface area contributed by atoms with Crippen LogP contribution in [0.25, 0.3) is 11.0 Å². The average Bonchev–Trinajstić information content (AvgIpc) is 3.28. The van der Waals surface area contributed by atoms with Gasteiger partial charge in [-0.2, -0.15) is 4.98 Å². The zero-order chi connectivity index (χ0) is 21.3. The molecule has 0 spiro atoms. The summed E-state index contributed by atoms with van der Waals surface area (Å²) in [4.78, 5) is 37.9. The van der Waals surface area contributed by atoms with Gasteiger partial charge in [0.25, 0.3) is 5.56 Å². The van der Waals surface area contributed by atoms with Crippen molar-refractivity contribution in [2.75, 3.05) is 10.6 Å². The van der Waals surface area contributed by atoms with Crippen LogP contribution in [-0.4, -0.2) is 25.4 Å². The lowest BCUT2D eigenvalue weighted by molar-refractivity contribution is -0.115. The minimum absolute atomic E-state index is 0.0503. The Morgan fingerprint density at radius 1 is 1.23 bits per heavy atom. The predicted octanol–water partition coefficient (Wildman–Crippen LogP) is 4.46. The van der Waals surface area contributed by atoms with Gasteiger partial charge in [-0.15, -0.1) is 0 Å². The molecule has 0 atom stereocenters. The van der Waals surface area contributed by atoms with Crippen LogP contribution in [0.15, 0.2) is 33.8 Å². The van der Waals surface area contributed by atoms with E-state index in [-0.39, 0.29) is 17.5 Å². The molecule has 8 nitrogen and oxygen atoms in total. The molecule has 0 aromatic carbocycles. The number of nitrogens with one attached hydrogen (secondary N) is 2. The first-order valence-electron chi connectivity index (χ1n) is 10.1. The summed E-state index contributed by atoms with van der Waals surface area (Å²) in [5.74, 6) is 0.849. The van der Waals surface area contributed by atoms with Crippen LogP contribution < -0.4 is 16.2 Å². The number of halogens is 1. The van der Waals surface area contributed by atoms with Crippen molar-refractivity contribution in [2.24, 2.45) is 0 Å². The summed E-state index contributed by atoms with van der Waals surface area (Å²) >= 11 is 3.45. The van der Waals surface area contributed by atoms with Gasteiger partial charge in [-0.05, 0) is 53.4 Å². The van der Waals surface area contributed by atoms with Crippen LogP contribution in [0.5, 0.6) is 0 Å². The summed E-state index contributed by atoms with van der Waals surface area (Å²) in [7, 11) is 0. The third-order valence-electron chi connectivity index (χ3n) is 5.43. The zero-order valence-corrected chi connectivity index (χ0v) is 18.5. The summed E-state index contributed by atoms with van der Waals surface area (Å²) in [6, 6.07) is 3.66. The van der Waals surface area contributed by atoms with Gasteiger partial charge in [0.2, 0.25) is 11.9 Å². The Balaban J connectivity index is 1.69. The lowest BCUT2D eigenvalue weighted by Crippen LogP contribution is -2.26. The van der Waals surface area contributed by atoms with Crippen molar-refractivity contribution in [3.05, 3.63) is 44.9 Å². The van der Waals surface area contributed by atoms with Crippen LogP contribution in [0.1, 0.15) is 50.6 Å². The molecule has 1 aliphatic carbocycles. The molecule has 156 valence electrons. The number of fused-ring (bicyclic) bond motifs is 1. The van der Waals surface area contributed by atoms with E-state index >= 15 is 0 Å². The maximum atomic E-state index is 13.0. The Labute approximate surface area is 182 Å². The molecule has 3 aromatic rings. The molecule has 1 fully saturated rings. The third kappa shape index (κ3) is 3.94. The van der Waals surface area contributed by atoms with Crippen LogP contribution in [0, 0.1) is 6.92 Å². The van der Waals surface area contributed by atoms with Crippen molar-refractivity contribution < 1.29 is 4.79 Å². The van der Waals surface area contributed by atoms with E-state index in [9.17, 15) is 9.59 Å². The number of nitrogens with zero attached hydrogens (tertiary/aromatic N) is 4. The normalized spacial score (nSPS) is 14.2. The number of carbonyl (C=O) groups is 1. The second-order valence-corrected chi connectivity index (χ2v) is 8.24.